The van der Waals surface area contributed by atoms with E-state index in [9.17, 15) is 0 Å². The molecule has 3 rings (SSSR count). The molecule has 0 radical (unpaired) electrons. The second-order valence-electron chi connectivity index (χ2n) is 5.04. The topological polar surface area (TPSA) is 0 Å². The minimum atomic E-state index is 0.458. The molecule has 2 aromatic rings. The first-order chi connectivity index (χ1) is 9.36. The summed E-state index contributed by atoms with van der Waals surface area (Å²) >= 11 is 0. The molecule has 1 unspecified atom stereocenters. The van der Waals surface area contributed by atoms with Gasteiger partial charge in [-0.15, -0.1) is 13.2 Å². The average molecular weight is 246 g/mol. The first-order valence-electron chi connectivity index (χ1n) is 6.79. The van der Waals surface area contributed by atoms with Gasteiger partial charge in [0.1, 0.15) is 0 Å². The molecule has 0 saturated heterocycles. The summed E-state index contributed by atoms with van der Waals surface area (Å²) in [5.41, 5.74) is 7.09. The molecule has 94 valence electrons. The van der Waals surface area contributed by atoms with E-state index in [2.05, 4.69) is 55.6 Å². The van der Waals surface area contributed by atoms with Crippen LogP contribution in [0.5, 0.6) is 0 Å². The third kappa shape index (κ3) is 1.84. The van der Waals surface area contributed by atoms with Gasteiger partial charge >= 0.3 is 0 Å². The van der Waals surface area contributed by atoms with Gasteiger partial charge in [-0.25, -0.2) is 0 Å². The van der Waals surface area contributed by atoms with Crippen LogP contribution in [0.15, 0.2) is 67.8 Å². The Kier molecular flexibility index (Phi) is 3.08. The Labute approximate surface area is 115 Å². The van der Waals surface area contributed by atoms with E-state index in [0.717, 1.165) is 12.8 Å². The number of fused-ring (bicyclic) bond motifs is 3. The smallest absolute Gasteiger partial charge is 0.0139 e. The van der Waals surface area contributed by atoms with E-state index in [1.807, 2.05) is 12.2 Å². The summed E-state index contributed by atoms with van der Waals surface area (Å²) < 4.78 is 0. The second-order valence-corrected chi connectivity index (χ2v) is 5.04. The lowest BCUT2D eigenvalue weighted by Gasteiger charge is -2.14. The van der Waals surface area contributed by atoms with Crippen molar-refractivity contribution in [1.29, 1.82) is 0 Å². The molecular formula is C19H18. The average Bonchev–Trinajstić information content (AvgIpc) is 2.76. The summed E-state index contributed by atoms with van der Waals surface area (Å²) in [5.74, 6) is 0.458. The molecule has 0 amide bonds. The zero-order valence-corrected chi connectivity index (χ0v) is 11.1. The Balaban J connectivity index is 2.24. The maximum Gasteiger partial charge on any atom is 0.0139 e. The van der Waals surface area contributed by atoms with E-state index in [1.54, 1.807) is 0 Å². The molecule has 1 aliphatic carbocycles. The Morgan fingerprint density at radius 2 is 1.68 bits per heavy atom. The predicted octanol–water partition coefficient (Wildman–Crippen LogP) is 5.10. The summed E-state index contributed by atoms with van der Waals surface area (Å²) in [6, 6.07) is 15.4. The summed E-state index contributed by atoms with van der Waals surface area (Å²) in [7, 11) is 0. The molecule has 0 spiro atoms. The van der Waals surface area contributed by atoms with Gasteiger partial charge in [0.25, 0.3) is 0 Å². The number of benzene rings is 2. The number of rotatable bonds is 4. The minimum absolute atomic E-state index is 0.458. The van der Waals surface area contributed by atoms with Crippen LogP contribution in [0.25, 0.3) is 11.1 Å². The van der Waals surface area contributed by atoms with E-state index in [0.29, 0.717) is 5.92 Å². The van der Waals surface area contributed by atoms with Gasteiger partial charge < -0.3 is 0 Å². The van der Waals surface area contributed by atoms with Crippen molar-refractivity contribution in [3.05, 3.63) is 84.5 Å². The molecule has 19 heavy (non-hydrogen) atoms. The first kappa shape index (κ1) is 12.0. The SMILES string of the molecule is C=CCc1cccc2c1C(CC=C)c1ccccc1-2. The Bertz CT molecular complexity index is 634. The van der Waals surface area contributed by atoms with Crippen molar-refractivity contribution in [2.45, 2.75) is 18.8 Å². The first-order valence-corrected chi connectivity index (χ1v) is 6.79. The quantitative estimate of drug-likeness (QED) is 0.658. The lowest BCUT2D eigenvalue weighted by molar-refractivity contribution is 0.843. The molecule has 0 bridgehead atoms. The molecule has 0 heterocycles. The summed E-state index contributed by atoms with van der Waals surface area (Å²) in [5, 5.41) is 0. The van der Waals surface area contributed by atoms with Crippen LogP contribution in [-0.2, 0) is 6.42 Å². The van der Waals surface area contributed by atoms with E-state index >= 15 is 0 Å². The Morgan fingerprint density at radius 1 is 0.895 bits per heavy atom. The van der Waals surface area contributed by atoms with E-state index in [-0.39, 0.29) is 0 Å². The molecular weight excluding hydrogens is 228 g/mol. The molecule has 0 nitrogen and oxygen atoms in total. The third-order valence-corrected chi connectivity index (χ3v) is 3.94. The minimum Gasteiger partial charge on any atom is -0.103 e. The highest BCUT2D eigenvalue weighted by Crippen LogP contribution is 2.47. The van der Waals surface area contributed by atoms with Crippen LogP contribution < -0.4 is 0 Å². The summed E-state index contributed by atoms with van der Waals surface area (Å²) in [4.78, 5) is 0. The number of hydrogen-bond donors (Lipinski definition) is 0. The van der Waals surface area contributed by atoms with Gasteiger partial charge in [-0.3, -0.25) is 0 Å². The predicted molar refractivity (Wildman–Crippen MR) is 82.4 cm³/mol. The van der Waals surface area contributed by atoms with E-state index in [1.165, 1.54) is 27.8 Å². The van der Waals surface area contributed by atoms with Crippen molar-refractivity contribution in [1.82, 2.24) is 0 Å². The highest BCUT2D eigenvalue weighted by Gasteiger charge is 2.28. The molecule has 1 atom stereocenters. The monoisotopic (exact) mass is 246 g/mol. The lowest BCUT2D eigenvalue weighted by Crippen LogP contribution is -1.99. The van der Waals surface area contributed by atoms with Crippen LogP contribution >= 0.6 is 0 Å². The van der Waals surface area contributed by atoms with Crippen LogP contribution in [0.1, 0.15) is 29.0 Å². The van der Waals surface area contributed by atoms with Gasteiger partial charge in [0.2, 0.25) is 0 Å². The second kappa shape index (κ2) is 4.89. The van der Waals surface area contributed by atoms with Gasteiger partial charge in [-0.1, -0.05) is 54.6 Å². The summed E-state index contributed by atoms with van der Waals surface area (Å²) in [6.07, 6.45) is 5.95. The van der Waals surface area contributed by atoms with Crippen LogP contribution in [0, 0.1) is 0 Å². The molecule has 1 aliphatic rings. The normalized spacial score (nSPS) is 15.7. The van der Waals surface area contributed by atoms with Gasteiger partial charge in [0.15, 0.2) is 0 Å². The molecule has 2 aromatic carbocycles. The molecule has 0 N–H and O–H groups in total. The van der Waals surface area contributed by atoms with E-state index in [4.69, 9.17) is 0 Å². The van der Waals surface area contributed by atoms with Crippen molar-refractivity contribution in [3.63, 3.8) is 0 Å². The van der Waals surface area contributed by atoms with Gasteiger partial charge in [0.05, 0.1) is 0 Å². The van der Waals surface area contributed by atoms with Crippen LogP contribution in [0.3, 0.4) is 0 Å². The fourth-order valence-electron chi connectivity index (χ4n) is 3.21. The fourth-order valence-corrected chi connectivity index (χ4v) is 3.21. The van der Waals surface area contributed by atoms with Crippen LogP contribution in [-0.4, -0.2) is 0 Å². The maximum absolute atomic E-state index is 3.93. The molecule has 0 aliphatic heterocycles. The van der Waals surface area contributed by atoms with E-state index < -0.39 is 0 Å². The van der Waals surface area contributed by atoms with Crippen molar-refractivity contribution >= 4 is 0 Å². The lowest BCUT2D eigenvalue weighted by atomic mass is 9.89. The van der Waals surface area contributed by atoms with Gasteiger partial charge in [-0.2, -0.15) is 0 Å². The van der Waals surface area contributed by atoms with Crippen molar-refractivity contribution < 1.29 is 0 Å². The largest absolute Gasteiger partial charge is 0.103 e. The summed E-state index contributed by atoms with van der Waals surface area (Å²) in [6.45, 7) is 7.81. The van der Waals surface area contributed by atoms with Gasteiger partial charge in [-0.05, 0) is 40.7 Å². The highest BCUT2D eigenvalue weighted by molar-refractivity contribution is 5.80. The molecule has 0 saturated carbocycles. The Hall–Kier alpha value is -2.08. The van der Waals surface area contributed by atoms with Crippen molar-refractivity contribution in [2.24, 2.45) is 0 Å². The van der Waals surface area contributed by atoms with Crippen LogP contribution in [0.2, 0.25) is 0 Å². The van der Waals surface area contributed by atoms with Gasteiger partial charge in [0, 0.05) is 5.92 Å². The molecule has 0 heteroatoms. The molecule has 0 fully saturated rings. The third-order valence-electron chi connectivity index (χ3n) is 3.94. The van der Waals surface area contributed by atoms with Crippen molar-refractivity contribution in [3.8, 4) is 11.1 Å². The number of hydrogen-bond acceptors (Lipinski definition) is 0. The maximum atomic E-state index is 3.93. The standard InChI is InChI=1S/C19H18/c1-3-8-14-10-7-13-18-16-12-6-5-11-15(16)17(9-4-2)19(14)18/h3-7,10-13,17H,1-2,8-9H2. The zero-order chi connectivity index (χ0) is 13.2. The zero-order valence-electron chi connectivity index (χ0n) is 11.1. The molecule has 0 aromatic heterocycles. The fraction of sp³-hybridized carbons (Fsp3) is 0.158. The van der Waals surface area contributed by atoms with Crippen LogP contribution in [0.4, 0.5) is 0 Å². The highest BCUT2D eigenvalue weighted by atomic mass is 14.3. The number of allylic oxidation sites excluding steroid dienone is 2. The Morgan fingerprint density at radius 3 is 2.47 bits per heavy atom. The van der Waals surface area contributed by atoms with Crippen molar-refractivity contribution in [2.75, 3.05) is 0 Å².